The molecule has 0 fully saturated rings. The number of benzene rings is 1. The minimum atomic E-state index is -0.133. The van der Waals surface area contributed by atoms with Gasteiger partial charge in [0.15, 0.2) is 0 Å². The number of thioether (sulfide) groups is 1. The summed E-state index contributed by atoms with van der Waals surface area (Å²) in [6.45, 7) is 0.359. The zero-order valence-corrected chi connectivity index (χ0v) is 14.1. The molecule has 2 amide bonds. The van der Waals surface area contributed by atoms with E-state index in [0.29, 0.717) is 12.3 Å². The van der Waals surface area contributed by atoms with Crippen molar-refractivity contribution in [2.75, 3.05) is 16.8 Å². The van der Waals surface area contributed by atoms with E-state index in [0.717, 1.165) is 10.2 Å². The van der Waals surface area contributed by atoms with E-state index in [1.807, 2.05) is 24.3 Å². The molecule has 5 nitrogen and oxygen atoms in total. The fraction of sp³-hybridized carbons (Fsp3) is 0.200. The van der Waals surface area contributed by atoms with Gasteiger partial charge in [0.05, 0.1) is 24.3 Å². The number of rotatable bonds is 7. The van der Waals surface area contributed by atoms with Crippen LogP contribution in [-0.4, -0.2) is 23.3 Å². The van der Waals surface area contributed by atoms with E-state index in [1.54, 1.807) is 18.4 Å². The summed E-state index contributed by atoms with van der Waals surface area (Å²) in [6, 6.07) is 10.9. The van der Waals surface area contributed by atoms with E-state index in [9.17, 15) is 9.59 Å². The fourth-order valence-electron chi connectivity index (χ4n) is 1.62. The van der Waals surface area contributed by atoms with Gasteiger partial charge in [-0.15, -0.1) is 11.8 Å². The first-order valence-electron chi connectivity index (χ1n) is 6.56. The maximum Gasteiger partial charge on any atom is 0.234 e. The zero-order valence-electron chi connectivity index (χ0n) is 11.7. The summed E-state index contributed by atoms with van der Waals surface area (Å²) in [6.07, 6.45) is 1.56. The Balaban J connectivity index is 1.62. The molecule has 0 bridgehead atoms. The number of halogens is 1. The highest BCUT2D eigenvalue weighted by molar-refractivity contribution is 9.10. The predicted octanol–water partition coefficient (Wildman–Crippen LogP) is 3.03. The number of anilines is 1. The van der Waals surface area contributed by atoms with E-state index in [1.165, 1.54) is 11.8 Å². The van der Waals surface area contributed by atoms with Crippen LogP contribution < -0.4 is 10.6 Å². The average Bonchev–Trinajstić information content (AvgIpc) is 3.01. The molecular formula is C15H15BrN2O3S. The van der Waals surface area contributed by atoms with Gasteiger partial charge in [0, 0.05) is 10.2 Å². The van der Waals surface area contributed by atoms with Crippen molar-refractivity contribution >= 4 is 45.2 Å². The normalized spacial score (nSPS) is 10.2. The molecule has 1 aromatic carbocycles. The van der Waals surface area contributed by atoms with E-state index in [2.05, 4.69) is 26.6 Å². The molecule has 2 N–H and O–H groups in total. The Hall–Kier alpha value is -1.73. The first kappa shape index (κ1) is 16.6. The van der Waals surface area contributed by atoms with Gasteiger partial charge in [-0.05, 0) is 36.4 Å². The van der Waals surface area contributed by atoms with Crippen molar-refractivity contribution in [1.29, 1.82) is 0 Å². The number of hydrogen-bond donors (Lipinski definition) is 2. The first-order valence-corrected chi connectivity index (χ1v) is 8.50. The molecular weight excluding hydrogens is 368 g/mol. The second-order valence-corrected chi connectivity index (χ2v) is 6.31. The Morgan fingerprint density at radius 1 is 1.09 bits per heavy atom. The molecule has 0 aliphatic heterocycles. The molecule has 0 aliphatic rings. The molecule has 2 aromatic rings. The van der Waals surface area contributed by atoms with Crippen molar-refractivity contribution in [3.63, 3.8) is 0 Å². The molecule has 0 atom stereocenters. The number of amides is 2. The lowest BCUT2D eigenvalue weighted by atomic mass is 10.3. The Morgan fingerprint density at radius 3 is 2.50 bits per heavy atom. The Morgan fingerprint density at radius 2 is 1.82 bits per heavy atom. The maximum absolute atomic E-state index is 11.7. The SMILES string of the molecule is O=C(CSCC(=O)Nc1ccc(Br)cc1)NCc1ccco1. The largest absolute Gasteiger partial charge is 0.467 e. The van der Waals surface area contributed by atoms with Gasteiger partial charge in [0.1, 0.15) is 5.76 Å². The molecule has 22 heavy (non-hydrogen) atoms. The summed E-state index contributed by atoms with van der Waals surface area (Å²) in [7, 11) is 0. The van der Waals surface area contributed by atoms with Gasteiger partial charge in [0.2, 0.25) is 11.8 Å². The molecule has 0 aliphatic carbocycles. The Bertz CT molecular complexity index is 614. The van der Waals surface area contributed by atoms with Gasteiger partial charge in [0.25, 0.3) is 0 Å². The molecule has 0 radical (unpaired) electrons. The van der Waals surface area contributed by atoms with Crippen LogP contribution in [0.25, 0.3) is 0 Å². The van der Waals surface area contributed by atoms with Gasteiger partial charge >= 0.3 is 0 Å². The van der Waals surface area contributed by atoms with Crippen LogP contribution >= 0.6 is 27.7 Å². The number of hydrogen-bond acceptors (Lipinski definition) is 4. The highest BCUT2D eigenvalue weighted by atomic mass is 79.9. The van der Waals surface area contributed by atoms with Gasteiger partial charge in [-0.1, -0.05) is 15.9 Å². The maximum atomic E-state index is 11.7. The molecule has 1 heterocycles. The number of nitrogens with one attached hydrogen (secondary N) is 2. The molecule has 0 saturated carbocycles. The summed E-state index contributed by atoms with van der Waals surface area (Å²) in [5.41, 5.74) is 0.732. The van der Waals surface area contributed by atoms with Crippen molar-refractivity contribution in [3.8, 4) is 0 Å². The summed E-state index contributed by atoms with van der Waals surface area (Å²) in [5.74, 6) is 0.897. The second kappa shape index (κ2) is 8.65. The summed E-state index contributed by atoms with van der Waals surface area (Å²) >= 11 is 4.60. The highest BCUT2D eigenvalue weighted by Crippen LogP contribution is 2.14. The van der Waals surface area contributed by atoms with Gasteiger partial charge in [-0.2, -0.15) is 0 Å². The van der Waals surface area contributed by atoms with Crippen LogP contribution in [0.15, 0.2) is 51.6 Å². The third-order valence-corrected chi connectivity index (χ3v) is 4.10. The standard InChI is InChI=1S/C15H15BrN2O3S/c16-11-3-5-12(6-4-11)18-15(20)10-22-9-14(19)17-8-13-2-1-7-21-13/h1-7H,8-10H2,(H,17,19)(H,18,20). The second-order valence-electron chi connectivity index (χ2n) is 4.40. The highest BCUT2D eigenvalue weighted by Gasteiger charge is 2.06. The molecule has 0 unspecified atom stereocenters. The summed E-state index contributed by atoms with van der Waals surface area (Å²) < 4.78 is 6.06. The van der Waals surface area contributed by atoms with Crippen LogP contribution in [0, 0.1) is 0 Å². The van der Waals surface area contributed by atoms with Crippen LogP contribution in [0.1, 0.15) is 5.76 Å². The van der Waals surface area contributed by atoms with Gasteiger partial charge in [-0.25, -0.2) is 0 Å². The van der Waals surface area contributed by atoms with E-state index in [-0.39, 0.29) is 23.3 Å². The number of carbonyl (C=O) groups excluding carboxylic acids is 2. The molecule has 0 spiro atoms. The minimum absolute atomic E-state index is 0.127. The lowest BCUT2D eigenvalue weighted by Crippen LogP contribution is -2.25. The molecule has 116 valence electrons. The van der Waals surface area contributed by atoms with Crippen molar-refractivity contribution in [1.82, 2.24) is 5.32 Å². The molecule has 0 saturated heterocycles. The lowest BCUT2D eigenvalue weighted by Gasteiger charge is -2.06. The van der Waals surface area contributed by atoms with E-state index in [4.69, 9.17) is 4.42 Å². The van der Waals surface area contributed by atoms with Gasteiger partial charge in [-0.3, -0.25) is 9.59 Å². The third kappa shape index (κ3) is 5.95. The number of furan rings is 1. The van der Waals surface area contributed by atoms with Crippen molar-refractivity contribution in [3.05, 3.63) is 52.9 Å². The minimum Gasteiger partial charge on any atom is -0.467 e. The molecule has 1 aromatic heterocycles. The van der Waals surface area contributed by atoms with Crippen molar-refractivity contribution in [2.45, 2.75) is 6.54 Å². The van der Waals surface area contributed by atoms with Gasteiger partial charge < -0.3 is 15.1 Å². The quantitative estimate of drug-likeness (QED) is 0.771. The molecule has 2 rings (SSSR count). The monoisotopic (exact) mass is 382 g/mol. The van der Waals surface area contributed by atoms with Crippen molar-refractivity contribution in [2.24, 2.45) is 0 Å². The molecule has 7 heteroatoms. The first-order chi connectivity index (χ1) is 10.6. The van der Waals surface area contributed by atoms with Crippen molar-refractivity contribution < 1.29 is 14.0 Å². The van der Waals surface area contributed by atoms with Crippen LogP contribution in [0.4, 0.5) is 5.69 Å². The smallest absolute Gasteiger partial charge is 0.234 e. The van der Waals surface area contributed by atoms with E-state index >= 15 is 0 Å². The fourth-order valence-corrected chi connectivity index (χ4v) is 2.53. The predicted molar refractivity (Wildman–Crippen MR) is 90.7 cm³/mol. The topological polar surface area (TPSA) is 71.3 Å². The van der Waals surface area contributed by atoms with E-state index < -0.39 is 0 Å². The lowest BCUT2D eigenvalue weighted by molar-refractivity contribution is -0.118. The summed E-state index contributed by atoms with van der Waals surface area (Å²) in [4.78, 5) is 23.3. The van der Waals surface area contributed by atoms with Crippen LogP contribution in [0.3, 0.4) is 0 Å². The zero-order chi connectivity index (χ0) is 15.8. The Labute approximate surface area is 141 Å². The number of carbonyl (C=O) groups is 2. The Kier molecular flexibility index (Phi) is 6.54. The summed E-state index contributed by atoms with van der Waals surface area (Å²) in [5, 5.41) is 5.49. The average molecular weight is 383 g/mol. The van der Waals surface area contributed by atoms with Crippen LogP contribution in [-0.2, 0) is 16.1 Å². The van der Waals surface area contributed by atoms with Crippen LogP contribution in [0.5, 0.6) is 0 Å². The van der Waals surface area contributed by atoms with Crippen LogP contribution in [0.2, 0.25) is 0 Å². The third-order valence-electron chi connectivity index (χ3n) is 2.63.